The van der Waals surface area contributed by atoms with E-state index in [1.165, 1.54) is 11.8 Å². The minimum Gasteiger partial charge on any atom is -0.486 e. The summed E-state index contributed by atoms with van der Waals surface area (Å²) < 4.78 is 11.0. The highest BCUT2D eigenvalue weighted by Gasteiger charge is 2.23. The van der Waals surface area contributed by atoms with Crippen molar-refractivity contribution >= 4 is 29.3 Å². The predicted octanol–water partition coefficient (Wildman–Crippen LogP) is 2.82. The van der Waals surface area contributed by atoms with Crippen molar-refractivity contribution in [3.8, 4) is 11.5 Å². The van der Waals surface area contributed by atoms with Gasteiger partial charge in [0.05, 0.1) is 10.9 Å². The van der Waals surface area contributed by atoms with Crippen molar-refractivity contribution in [3.63, 3.8) is 0 Å². The minimum atomic E-state index is -0.194. The summed E-state index contributed by atoms with van der Waals surface area (Å²) in [6.07, 6.45) is 0. The van der Waals surface area contributed by atoms with E-state index in [1.54, 1.807) is 12.1 Å². The highest BCUT2D eigenvalue weighted by Crippen LogP contribution is 2.36. The number of hydrogen-bond acceptors (Lipinski definition) is 5. The molecule has 0 radical (unpaired) electrons. The number of hydrogen-bond donors (Lipinski definition) is 2. The summed E-state index contributed by atoms with van der Waals surface area (Å²) in [5.41, 5.74) is 2.13. The summed E-state index contributed by atoms with van der Waals surface area (Å²) in [5.74, 6) is 1.19. The van der Waals surface area contributed by atoms with Gasteiger partial charge in [-0.3, -0.25) is 9.59 Å². The Morgan fingerprint density at radius 1 is 1.19 bits per heavy atom. The smallest absolute Gasteiger partial charge is 0.251 e. The van der Waals surface area contributed by atoms with E-state index in [-0.39, 0.29) is 17.1 Å². The van der Waals surface area contributed by atoms with Crippen molar-refractivity contribution < 1.29 is 19.1 Å². The van der Waals surface area contributed by atoms with Crippen LogP contribution in [-0.4, -0.2) is 30.3 Å². The highest BCUT2D eigenvalue weighted by atomic mass is 32.2. The van der Waals surface area contributed by atoms with Crippen LogP contribution in [-0.2, 0) is 11.3 Å². The molecule has 134 valence electrons. The number of rotatable bonds is 3. The zero-order chi connectivity index (χ0) is 18.1. The lowest BCUT2D eigenvalue weighted by Gasteiger charge is -2.21. The van der Waals surface area contributed by atoms with Crippen LogP contribution < -0.4 is 20.1 Å². The second-order valence-corrected chi connectivity index (χ2v) is 7.50. The molecule has 2 N–H and O–H groups in total. The van der Waals surface area contributed by atoms with Gasteiger partial charge in [-0.05, 0) is 42.8 Å². The van der Waals surface area contributed by atoms with Crippen LogP contribution in [0.15, 0.2) is 41.3 Å². The first-order chi connectivity index (χ1) is 12.6. The average Bonchev–Trinajstić information content (AvgIpc) is 2.66. The Kier molecular flexibility index (Phi) is 4.46. The maximum atomic E-state index is 12.5. The summed E-state index contributed by atoms with van der Waals surface area (Å²) in [4.78, 5) is 25.2. The molecule has 0 saturated heterocycles. The number of amides is 2. The molecule has 2 aromatic rings. The van der Waals surface area contributed by atoms with Gasteiger partial charge >= 0.3 is 0 Å². The third kappa shape index (κ3) is 3.35. The minimum absolute atomic E-state index is 0.0451. The van der Waals surface area contributed by atoms with Crippen LogP contribution in [0.5, 0.6) is 11.5 Å². The van der Waals surface area contributed by atoms with Gasteiger partial charge in [0.2, 0.25) is 5.91 Å². The monoisotopic (exact) mass is 370 g/mol. The first-order valence-corrected chi connectivity index (χ1v) is 9.26. The topological polar surface area (TPSA) is 76.7 Å². The van der Waals surface area contributed by atoms with Crippen LogP contribution in [0, 0.1) is 0 Å². The second kappa shape index (κ2) is 6.92. The quantitative estimate of drug-likeness (QED) is 0.869. The van der Waals surface area contributed by atoms with Crippen molar-refractivity contribution in [1.29, 1.82) is 0 Å². The van der Waals surface area contributed by atoms with Crippen molar-refractivity contribution in [3.05, 3.63) is 47.5 Å². The van der Waals surface area contributed by atoms with E-state index in [9.17, 15) is 9.59 Å². The van der Waals surface area contributed by atoms with Gasteiger partial charge in [0.15, 0.2) is 11.5 Å². The van der Waals surface area contributed by atoms with Crippen LogP contribution in [0.4, 0.5) is 5.69 Å². The van der Waals surface area contributed by atoms with Crippen molar-refractivity contribution in [2.75, 3.05) is 18.5 Å². The number of ether oxygens (including phenoxy) is 2. The normalized spacial score (nSPS) is 17.9. The molecule has 6 nitrogen and oxygen atoms in total. The summed E-state index contributed by atoms with van der Waals surface area (Å²) in [7, 11) is 0. The van der Waals surface area contributed by atoms with E-state index in [1.807, 2.05) is 31.2 Å². The third-order valence-corrected chi connectivity index (χ3v) is 5.41. The number of nitrogens with one attached hydrogen (secondary N) is 2. The lowest BCUT2D eigenvalue weighted by atomic mass is 10.1. The molecule has 0 saturated carbocycles. The molecule has 0 bridgehead atoms. The summed E-state index contributed by atoms with van der Waals surface area (Å²) in [6.45, 7) is 3.32. The standard InChI is InChI=1S/C19H18N2O4S/c1-11-18(22)21-14-9-13(3-5-17(14)26-11)19(23)20-10-12-2-4-15-16(8-12)25-7-6-24-15/h2-5,8-9,11H,6-7,10H2,1H3,(H,20,23)(H,21,22). The maximum absolute atomic E-state index is 12.5. The van der Waals surface area contributed by atoms with Crippen LogP contribution in [0.3, 0.4) is 0 Å². The molecule has 0 aromatic heterocycles. The Hall–Kier alpha value is -2.67. The molecule has 2 aliphatic heterocycles. The molecule has 2 heterocycles. The van der Waals surface area contributed by atoms with Crippen LogP contribution in [0.2, 0.25) is 0 Å². The van der Waals surface area contributed by atoms with Gasteiger partial charge in [0, 0.05) is 17.0 Å². The molecule has 1 unspecified atom stereocenters. The van der Waals surface area contributed by atoms with Crippen molar-refractivity contribution in [1.82, 2.24) is 5.32 Å². The van der Waals surface area contributed by atoms with Gasteiger partial charge in [0.25, 0.3) is 5.91 Å². The van der Waals surface area contributed by atoms with Gasteiger partial charge in [-0.1, -0.05) is 6.07 Å². The molecule has 0 fully saturated rings. The molecule has 4 rings (SSSR count). The number of thioether (sulfide) groups is 1. The highest BCUT2D eigenvalue weighted by molar-refractivity contribution is 8.00. The fourth-order valence-electron chi connectivity index (χ4n) is 2.83. The molecular formula is C19H18N2O4S. The molecule has 1 atom stereocenters. The maximum Gasteiger partial charge on any atom is 0.251 e. The number of carbonyl (C=O) groups is 2. The van der Waals surface area contributed by atoms with Gasteiger partial charge in [0.1, 0.15) is 13.2 Å². The van der Waals surface area contributed by atoms with E-state index in [4.69, 9.17) is 9.47 Å². The van der Waals surface area contributed by atoms with E-state index < -0.39 is 0 Å². The largest absolute Gasteiger partial charge is 0.486 e. The first-order valence-electron chi connectivity index (χ1n) is 8.38. The van der Waals surface area contributed by atoms with E-state index in [2.05, 4.69) is 10.6 Å². The van der Waals surface area contributed by atoms with Crippen molar-refractivity contribution in [2.24, 2.45) is 0 Å². The lowest BCUT2D eigenvalue weighted by molar-refractivity contribution is -0.115. The van der Waals surface area contributed by atoms with E-state index in [0.717, 1.165) is 16.2 Å². The molecule has 0 aliphatic carbocycles. The first kappa shape index (κ1) is 16.8. The third-order valence-electron chi connectivity index (χ3n) is 4.23. The lowest BCUT2D eigenvalue weighted by Crippen LogP contribution is -2.27. The SMILES string of the molecule is CC1Sc2ccc(C(=O)NCc3ccc4c(c3)OCCO4)cc2NC1=O. The van der Waals surface area contributed by atoms with Gasteiger partial charge in [-0.25, -0.2) is 0 Å². The molecule has 2 aromatic carbocycles. The number of anilines is 1. The Labute approximate surface area is 155 Å². The summed E-state index contributed by atoms with van der Waals surface area (Å²) in [6, 6.07) is 11.0. The van der Waals surface area contributed by atoms with E-state index in [0.29, 0.717) is 36.8 Å². The molecule has 2 amide bonds. The Morgan fingerprint density at radius 2 is 2.00 bits per heavy atom. The van der Waals surface area contributed by atoms with E-state index >= 15 is 0 Å². The fourth-order valence-corrected chi connectivity index (χ4v) is 3.76. The number of benzene rings is 2. The second-order valence-electron chi connectivity index (χ2n) is 6.12. The molecular weight excluding hydrogens is 352 g/mol. The molecule has 2 aliphatic rings. The van der Waals surface area contributed by atoms with Crippen LogP contribution >= 0.6 is 11.8 Å². The molecule has 26 heavy (non-hydrogen) atoms. The Morgan fingerprint density at radius 3 is 2.85 bits per heavy atom. The molecule has 7 heteroatoms. The fraction of sp³-hybridized carbons (Fsp3) is 0.263. The zero-order valence-corrected chi connectivity index (χ0v) is 15.0. The average molecular weight is 370 g/mol. The summed E-state index contributed by atoms with van der Waals surface area (Å²) >= 11 is 1.49. The van der Waals surface area contributed by atoms with Crippen molar-refractivity contribution in [2.45, 2.75) is 23.6 Å². The number of fused-ring (bicyclic) bond motifs is 2. The summed E-state index contributed by atoms with van der Waals surface area (Å²) in [5, 5.41) is 5.61. The van der Waals surface area contributed by atoms with Crippen LogP contribution in [0.25, 0.3) is 0 Å². The van der Waals surface area contributed by atoms with Crippen LogP contribution in [0.1, 0.15) is 22.8 Å². The number of carbonyl (C=O) groups excluding carboxylic acids is 2. The predicted molar refractivity (Wildman–Crippen MR) is 99.0 cm³/mol. The van der Waals surface area contributed by atoms with Gasteiger partial charge in [-0.2, -0.15) is 0 Å². The molecule has 0 spiro atoms. The van der Waals surface area contributed by atoms with Gasteiger partial charge < -0.3 is 20.1 Å². The van der Waals surface area contributed by atoms with Gasteiger partial charge in [-0.15, -0.1) is 11.8 Å². The zero-order valence-electron chi connectivity index (χ0n) is 14.2. The Balaban J connectivity index is 1.44. The Bertz CT molecular complexity index is 884.